The Bertz CT molecular complexity index is 1210. The number of carbonyl (C=O) groups excluding carboxylic acids is 1. The molecule has 0 aliphatic carbocycles. The lowest BCUT2D eigenvalue weighted by Crippen LogP contribution is -2.24. The molecule has 2 heterocycles. The van der Waals surface area contributed by atoms with Gasteiger partial charge in [-0.1, -0.05) is 48.0 Å². The first kappa shape index (κ1) is 17.7. The van der Waals surface area contributed by atoms with Crippen molar-refractivity contribution in [3.63, 3.8) is 0 Å². The van der Waals surface area contributed by atoms with Crippen LogP contribution in [0.4, 0.5) is 0 Å². The van der Waals surface area contributed by atoms with Gasteiger partial charge in [0.1, 0.15) is 5.52 Å². The zero-order valence-electron chi connectivity index (χ0n) is 15.6. The van der Waals surface area contributed by atoms with Crippen LogP contribution < -0.4 is 10.9 Å². The predicted molar refractivity (Wildman–Crippen MR) is 106 cm³/mol. The summed E-state index contributed by atoms with van der Waals surface area (Å²) in [5, 5.41) is 7.28. The fourth-order valence-electron chi connectivity index (χ4n) is 2.97. The van der Waals surface area contributed by atoms with Crippen LogP contribution in [-0.2, 0) is 13.6 Å². The van der Waals surface area contributed by atoms with Crippen LogP contribution in [0.25, 0.3) is 16.7 Å². The molecule has 1 N–H and O–H groups in total. The van der Waals surface area contributed by atoms with Crippen molar-refractivity contribution in [3.8, 4) is 5.69 Å². The normalized spacial score (nSPS) is 10.9. The lowest BCUT2D eigenvalue weighted by molar-refractivity contribution is 0.0947. The third kappa shape index (κ3) is 3.18. The molecule has 0 unspecified atom stereocenters. The molecule has 2 aromatic carbocycles. The van der Waals surface area contributed by atoms with Gasteiger partial charge in [-0.05, 0) is 24.6 Å². The Hall–Kier alpha value is -3.74. The number of fused-ring (bicyclic) bond motifs is 1. The minimum absolute atomic E-state index is 0.128. The van der Waals surface area contributed by atoms with Crippen molar-refractivity contribution in [2.24, 2.45) is 7.05 Å². The molecule has 1 amide bonds. The standard InChI is InChI=1S/C21H19N5O2/c1-14-8-10-15(11-9-14)12-22-20(27)18-17-19(21(28)25(2)13-23-17)26(24-18)16-6-4-3-5-7-16/h3-11,13H,12H2,1-2H3,(H,22,27). The number of para-hydroxylation sites is 1. The summed E-state index contributed by atoms with van der Waals surface area (Å²) in [4.78, 5) is 29.8. The SMILES string of the molecule is Cc1ccc(CNC(=O)c2nn(-c3ccccc3)c3c(=O)n(C)cnc23)cc1. The van der Waals surface area contributed by atoms with Gasteiger partial charge in [0, 0.05) is 13.6 Å². The molecule has 0 bridgehead atoms. The van der Waals surface area contributed by atoms with Gasteiger partial charge in [0.15, 0.2) is 11.2 Å². The van der Waals surface area contributed by atoms with E-state index in [9.17, 15) is 9.59 Å². The minimum atomic E-state index is -0.374. The molecule has 0 saturated carbocycles. The number of rotatable bonds is 4. The van der Waals surface area contributed by atoms with Crippen LogP contribution in [0.2, 0.25) is 0 Å². The van der Waals surface area contributed by atoms with Crippen LogP contribution in [0.1, 0.15) is 21.6 Å². The number of hydrogen-bond acceptors (Lipinski definition) is 4. The molecule has 0 atom stereocenters. The molecule has 0 fully saturated rings. The highest BCUT2D eigenvalue weighted by Crippen LogP contribution is 2.17. The summed E-state index contributed by atoms with van der Waals surface area (Å²) in [5.74, 6) is -0.374. The van der Waals surface area contributed by atoms with E-state index in [4.69, 9.17) is 0 Å². The Balaban J connectivity index is 1.75. The second-order valence-electron chi connectivity index (χ2n) is 6.62. The first-order valence-corrected chi connectivity index (χ1v) is 8.88. The van der Waals surface area contributed by atoms with Crippen LogP contribution in [0.5, 0.6) is 0 Å². The fraction of sp³-hybridized carbons (Fsp3) is 0.143. The molecule has 140 valence electrons. The monoisotopic (exact) mass is 373 g/mol. The maximum atomic E-state index is 12.8. The van der Waals surface area contributed by atoms with Gasteiger partial charge in [-0.3, -0.25) is 9.59 Å². The Morgan fingerprint density at radius 1 is 1.07 bits per heavy atom. The molecule has 7 heteroatoms. The number of aryl methyl sites for hydroxylation is 2. The third-order valence-corrected chi connectivity index (χ3v) is 4.53. The van der Waals surface area contributed by atoms with Crippen molar-refractivity contribution in [1.29, 1.82) is 0 Å². The summed E-state index contributed by atoms with van der Waals surface area (Å²) in [6.07, 6.45) is 1.40. The number of hydrogen-bond donors (Lipinski definition) is 1. The van der Waals surface area contributed by atoms with Crippen molar-refractivity contribution >= 4 is 16.9 Å². The van der Waals surface area contributed by atoms with E-state index in [0.29, 0.717) is 12.2 Å². The van der Waals surface area contributed by atoms with Crippen LogP contribution in [0.15, 0.2) is 65.7 Å². The number of benzene rings is 2. The Labute approximate surface area is 161 Å². The summed E-state index contributed by atoms with van der Waals surface area (Å²) in [6, 6.07) is 17.1. The van der Waals surface area contributed by atoms with Crippen LogP contribution in [0, 0.1) is 6.92 Å². The molecule has 4 rings (SSSR count). The molecule has 0 spiro atoms. The number of carbonyl (C=O) groups is 1. The van der Waals surface area contributed by atoms with Gasteiger partial charge in [0.2, 0.25) is 0 Å². The van der Waals surface area contributed by atoms with Gasteiger partial charge < -0.3 is 9.88 Å². The van der Waals surface area contributed by atoms with E-state index in [1.165, 1.54) is 15.6 Å². The lowest BCUT2D eigenvalue weighted by atomic mass is 10.1. The molecular formula is C21H19N5O2. The molecule has 0 radical (unpaired) electrons. The zero-order chi connectivity index (χ0) is 19.7. The van der Waals surface area contributed by atoms with Gasteiger partial charge >= 0.3 is 0 Å². The number of aromatic nitrogens is 4. The fourth-order valence-corrected chi connectivity index (χ4v) is 2.97. The topological polar surface area (TPSA) is 81.8 Å². The molecule has 7 nitrogen and oxygen atoms in total. The van der Waals surface area contributed by atoms with Crippen LogP contribution >= 0.6 is 0 Å². The average molecular weight is 373 g/mol. The van der Waals surface area contributed by atoms with E-state index in [0.717, 1.165) is 11.1 Å². The maximum absolute atomic E-state index is 12.8. The second kappa shape index (κ2) is 7.11. The lowest BCUT2D eigenvalue weighted by Gasteiger charge is -2.04. The van der Waals surface area contributed by atoms with Crippen LogP contribution in [-0.4, -0.2) is 25.2 Å². The first-order chi connectivity index (χ1) is 13.5. The Kier molecular flexibility index (Phi) is 4.49. The van der Waals surface area contributed by atoms with Gasteiger partial charge in [-0.25, -0.2) is 9.67 Å². The number of nitrogens with zero attached hydrogens (tertiary/aromatic N) is 4. The van der Waals surface area contributed by atoms with E-state index in [2.05, 4.69) is 15.4 Å². The van der Waals surface area contributed by atoms with E-state index < -0.39 is 0 Å². The van der Waals surface area contributed by atoms with E-state index in [1.54, 1.807) is 7.05 Å². The first-order valence-electron chi connectivity index (χ1n) is 8.88. The van der Waals surface area contributed by atoms with E-state index in [-0.39, 0.29) is 28.2 Å². The predicted octanol–water partition coefficient (Wildman–Crippen LogP) is 2.36. The van der Waals surface area contributed by atoms with E-state index >= 15 is 0 Å². The average Bonchev–Trinajstić information content (AvgIpc) is 3.11. The van der Waals surface area contributed by atoms with Crippen molar-refractivity contribution in [2.75, 3.05) is 0 Å². The highest BCUT2D eigenvalue weighted by molar-refractivity contribution is 6.03. The summed E-state index contributed by atoms with van der Waals surface area (Å²) < 4.78 is 2.85. The zero-order valence-corrected chi connectivity index (χ0v) is 15.6. The largest absolute Gasteiger partial charge is 0.346 e. The van der Waals surface area contributed by atoms with E-state index in [1.807, 2.05) is 61.5 Å². The molecule has 0 aliphatic heterocycles. The highest BCUT2D eigenvalue weighted by atomic mass is 16.2. The van der Waals surface area contributed by atoms with Gasteiger partial charge in [0.25, 0.3) is 11.5 Å². The third-order valence-electron chi connectivity index (χ3n) is 4.53. The summed E-state index contributed by atoms with van der Waals surface area (Å²) >= 11 is 0. The van der Waals surface area contributed by atoms with Crippen molar-refractivity contribution in [3.05, 3.63) is 88.1 Å². The van der Waals surface area contributed by atoms with Crippen molar-refractivity contribution in [2.45, 2.75) is 13.5 Å². The second-order valence-corrected chi connectivity index (χ2v) is 6.62. The minimum Gasteiger partial charge on any atom is -0.346 e. The highest BCUT2D eigenvalue weighted by Gasteiger charge is 2.22. The number of nitrogens with one attached hydrogen (secondary N) is 1. The van der Waals surface area contributed by atoms with Crippen LogP contribution in [0.3, 0.4) is 0 Å². The maximum Gasteiger partial charge on any atom is 0.279 e. The summed E-state index contributed by atoms with van der Waals surface area (Å²) in [6.45, 7) is 2.38. The van der Waals surface area contributed by atoms with Gasteiger partial charge in [0.05, 0.1) is 12.0 Å². The summed E-state index contributed by atoms with van der Waals surface area (Å²) in [5.41, 5.74) is 3.25. The Morgan fingerprint density at radius 3 is 2.50 bits per heavy atom. The molecule has 2 aromatic heterocycles. The Morgan fingerprint density at radius 2 is 1.79 bits per heavy atom. The molecule has 28 heavy (non-hydrogen) atoms. The quantitative estimate of drug-likeness (QED) is 0.595. The molecular weight excluding hydrogens is 354 g/mol. The van der Waals surface area contributed by atoms with Gasteiger partial charge in [-0.15, -0.1) is 0 Å². The van der Waals surface area contributed by atoms with Crippen molar-refractivity contribution in [1.82, 2.24) is 24.6 Å². The summed E-state index contributed by atoms with van der Waals surface area (Å²) in [7, 11) is 1.62. The van der Waals surface area contributed by atoms with Gasteiger partial charge in [-0.2, -0.15) is 5.10 Å². The van der Waals surface area contributed by atoms with Crippen molar-refractivity contribution < 1.29 is 4.79 Å². The molecule has 4 aromatic rings. The number of amides is 1. The smallest absolute Gasteiger partial charge is 0.279 e. The molecule has 0 aliphatic rings. The molecule has 0 saturated heterocycles.